The number of nitrogens with zero attached hydrogens (tertiary/aromatic N) is 2. The molecule has 1 heterocycles. The quantitative estimate of drug-likeness (QED) is 0.817. The molecule has 2 rings (SSSR count). The summed E-state index contributed by atoms with van der Waals surface area (Å²) < 4.78 is 6.51. The summed E-state index contributed by atoms with van der Waals surface area (Å²) in [6.45, 7) is -0.801. The maximum Gasteiger partial charge on any atom is 0.329 e. The van der Waals surface area contributed by atoms with Gasteiger partial charge in [0, 0.05) is 23.8 Å². The Labute approximate surface area is 114 Å². The van der Waals surface area contributed by atoms with Crippen molar-refractivity contribution in [3.05, 3.63) is 43.0 Å². The van der Waals surface area contributed by atoms with Crippen LogP contribution in [0.3, 0.4) is 0 Å². The van der Waals surface area contributed by atoms with Crippen LogP contribution in [0.25, 0.3) is 5.69 Å². The molecule has 1 amide bonds. The maximum atomic E-state index is 11.5. The Morgan fingerprint density at radius 2 is 2.20 bits per heavy atom. The minimum Gasteiger partial charge on any atom is -0.480 e. The first-order chi connectivity index (χ1) is 9.65. The lowest BCUT2D eigenvalue weighted by Crippen LogP contribution is -2.20. The summed E-state index contributed by atoms with van der Waals surface area (Å²) in [5, 5.41) is 11.0. The van der Waals surface area contributed by atoms with Gasteiger partial charge < -0.3 is 19.7 Å². The lowest BCUT2D eigenvalue weighted by Gasteiger charge is -2.08. The molecule has 0 unspecified atom stereocenters. The number of ether oxygens (including phenoxy) is 1. The molecule has 7 heteroatoms. The monoisotopic (exact) mass is 275 g/mol. The van der Waals surface area contributed by atoms with Crippen LogP contribution >= 0.6 is 0 Å². The summed E-state index contributed by atoms with van der Waals surface area (Å²) in [5.41, 5.74) is 1.45. The zero-order valence-corrected chi connectivity index (χ0v) is 10.5. The van der Waals surface area contributed by atoms with Crippen molar-refractivity contribution in [3.8, 4) is 5.69 Å². The first-order valence-corrected chi connectivity index (χ1v) is 5.83. The van der Waals surface area contributed by atoms with Crippen molar-refractivity contribution in [3.63, 3.8) is 0 Å². The number of nitrogens with one attached hydrogen (secondary N) is 1. The van der Waals surface area contributed by atoms with Gasteiger partial charge in [-0.1, -0.05) is 6.07 Å². The maximum absolute atomic E-state index is 11.5. The molecule has 0 aliphatic heterocycles. The second-order valence-electron chi connectivity index (χ2n) is 3.95. The molecule has 7 nitrogen and oxygen atoms in total. The van der Waals surface area contributed by atoms with E-state index in [2.05, 4.69) is 10.3 Å². The minimum absolute atomic E-state index is 0.304. The van der Waals surface area contributed by atoms with Gasteiger partial charge in [0.2, 0.25) is 5.91 Å². The molecule has 20 heavy (non-hydrogen) atoms. The van der Waals surface area contributed by atoms with Crippen LogP contribution < -0.4 is 5.32 Å². The Hall–Kier alpha value is -2.67. The Morgan fingerprint density at radius 1 is 1.35 bits per heavy atom. The van der Waals surface area contributed by atoms with Crippen LogP contribution in [0.1, 0.15) is 0 Å². The summed E-state index contributed by atoms with van der Waals surface area (Å²) in [4.78, 5) is 25.7. The zero-order valence-electron chi connectivity index (χ0n) is 10.5. The number of aromatic nitrogens is 2. The fraction of sp³-hybridized carbons (Fsp3) is 0.154. The van der Waals surface area contributed by atoms with Gasteiger partial charge in [-0.25, -0.2) is 9.78 Å². The highest BCUT2D eigenvalue weighted by Crippen LogP contribution is 2.14. The van der Waals surface area contributed by atoms with Crippen molar-refractivity contribution in [2.75, 3.05) is 18.5 Å². The van der Waals surface area contributed by atoms with E-state index in [4.69, 9.17) is 9.84 Å². The fourth-order valence-electron chi connectivity index (χ4n) is 1.58. The summed E-state index contributed by atoms with van der Waals surface area (Å²) in [5.74, 6) is -1.52. The number of imidazole rings is 1. The molecular formula is C13H13N3O4. The normalized spacial score (nSPS) is 10.2. The molecule has 0 bridgehead atoms. The molecular weight excluding hydrogens is 262 g/mol. The van der Waals surface area contributed by atoms with Crippen LogP contribution in [0, 0.1) is 0 Å². The third kappa shape index (κ3) is 3.92. The Bertz CT molecular complexity index is 595. The van der Waals surface area contributed by atoms with Crippen LogP contribution in [-0.2, 0) is 14.3 Å². The number of hydrogen-bond acceptors (Lipinski definition) is 4. The van der Waals surface area contributed by atoms with Crippen LogP contribution in [0.2, 0.25) is 0 Å². The second kappa shape index (κ2) is 6.48. The van der Waals surface area contributed by atoms with Gasteiger partial charge in [0.25, 0.3) is 0 Å². The first-order valence-electron chi connectivity index (χ1n) is 5.83. The molecule has 2 N–H and O–H groups in total. The number of rotatable bonds is 6. The van der Waals surface area contributed by atoms with Gasteiger partial charge in [0.1, 0.15) is 13.2 Å². The number of carboxylic acid groups (broad SMARTS) is 1. The number of amides is 1. The highest BCUT2D eigenvalue weighted by Gasteiger charge is 2.05. The molecule has 0 aliphatic carbocycles. The molecule has 1 aromatic heterocycles. The highest BCUT2D eigenvalue weighted by molar-refractivity contribution is 5.92. The van der Waals surface area contributed by atoms with Crippen LogP contribution in [0.4, 0.5) is 5.69 Å². The number of carboxylic acids is 1. The van der Waals surface area contributed by atoms with E-state index in [-0.39, 0.29) is 6.61 Å². The van der Waals surface area contributed by atoms with E-state index in [1.807, 2.05) is 6.07 Å². The molecule has 0 saturated carbocycles. The number of carbonyl (C=O) groups excluding carboxylic acids is 1. The Morgan fingerprint density at radius 3 is 2.90 bits per heavy atom. The number of hydrogen-bond donors (Lipinski definition) is 2. The van der Waals surface area contributed by atoms with Gasteiger partial charge in [0.15, 0.2) is 0 Å². The van der Waals surface area contributed by atoms with Gasteiger partial charge >= 0.3 is 5.97 Å². The smallest absolute Gasteiger partial charge is 0.329 e. The lowest BCUT2D eigenvalue weighted by molar-refractivity contribution is -0.143. The SMILES string of the molecule is O=C(O)COCC(=O)Nc1cccc(-n2ccnc2)c1. The van der Waals surface area contributed by atoms with Gasteiger partial charge in [-0.05, 0) is 18.2 Å². The summed E-state index contributed by atoms with van der Waals surface area (Å²) in [6.07, 6.45) is 5.10. The topological polar surface area (TPSA) is 93.5 Å². The Kier molecular flexibility index (Phi) is 4.46. The van der Waals surface area contributed by atoms with Crippen molar-refractivity contribution >= 4 is 17.6 Å². The van der Waals surface area contributed by atoms with Crippen LogP contribution in [0.5, 0.6) is 0 Å². The second-order valence-corrected chi connectivity index (χ2v) is 3.95. The lowest BCUT2D eigenvalue weighted by atomic mass is 10.2. The van der Waals surface area contributed by atoms with E-state index in [9.17, 15) is 9.59 Å². The van der Waals surface area contributed by atoms with Crippen molar-refractivity contribution in [2.24, 2.45) is 0 Å². The standard InChI is InChI=1S/C13H13N3O4/c17-12(7-20-8-13(18)19)15-10-2-1-3-11(6-10)16-5-4-14-9-16/h1-6,9H,7-8H2,(H,15,17)(H,18,19). The number of aliphatic carboxylic acids is 1. The first kappa shape index (κ1) is 13.8. The molecule has 0 atom stereocenters. The van der Waals surface area contributed by atoms with E-state index < -0.39 is 18.5 Å². The minimum atomic E-state index is -1.11. The van der Waals surface area contributed by atoms with E-state index in [0.717, 1.165) is 5.69 Å². The fourth-order valence-corrected chi connectivity index (χ4v) is 1.58. The van der Waals surface area contributed by atoms with E-state index in [0.29, 0.717) is 5.69 Å². The van der Waals surface area contributed by atoms with E-state index >= 15 is 0 Å². The van der Waals surface area contributed by atoms with Crippen molar-refractivity contribution in [1.29, 1.82) is 0 Å². The molecule has 0 fully saturated rings. The van der Waals surface area contributed by atoms with Crippen LogP contribution in [-0.4, -0.2) is 39.7 Å². The summed E-state index contributed by atoms with van der Waals surface area (Å²) in [7, 11) is 0. The molecule has 1 aromatic carbocycles. The number of carbonyl (C=O) groups is 2. The van der Waals surface area contributed by atoms with E-state index in [1.54, 1.807) is 41.5 Å². The molecule has 104 valence electrons. The summed E-state index contributed by atoms with van der Waals surface area (Å²) >= 11 is 0. The van der Waals surface area contributed by atoms with Gasteiger partial charge in [0.05, 0.1) is 6.33 Å². The number of benzene rings is 1. The van der Waals surface area contributed by atoms with Gasteiger partial charge in [-0.3, -0.25) is 4.79 Å². The average Bonchev–Trinajstić information content (AvgIpc) is 2.92. The van der Waals surface area contributed by atoms with Crippen molar-refractivity contribution in [1.82, 2.24) is 9.55 Å². The molecule has 0 radical (unpaired) electrons. The molecule has 2 aromatic rings. The van der Waals surface area contributed by atoms with Crippen LogP contribution in [0.15, 0.2) is 43.0 Å². The van der Waals surface area contributed by atoms with E-state index in [1.165, 1.54) is 0 Å². The predicted octanol–water partition coefficient (Wildman–Crippen LogP) is 0.912. The zero-order chi connectivity index (χ0) is 14.4. The Balaban J connectivity index is 1.94. The third-order valence-corrected chi connectivity index (χ3v) is 2.39. The molecule has 0 aliphatic rings. The van der Waals surface area contributed by atoms with Crippen molar-refractivity contribution < 1.29 is 19.4 Å². The van der Waals surface area contributed by atoms with Gasteiger partial charge in [-0.2, -0.15) is 0 Å². The van der Waals surface area contributed by atoms with Crippen molar-refractivity contribution in [2.45, 2.75) is 0 Å². The summed E-state index contributed by atoms with van der Waals surface area (Å²) in [6, 6.07) is 7.17. The van der Waals surface area contributed by atoms with Gasteiger partial charge in [-0.15, -0.1) is 0 Å². The number of anilines is 1. The largest absolute Gasteiger partial charge is 0.480 e. The third-order valence-electron chi connectivity index (χ3n) is 2.39. The predicted molar refractivity (Wildman–Crippen MR) is 70.6 cm³/mol. The highest BCUT2D eigenvalue weighted by atomic mass is 16.5. The average molecular weight is 275 g/mol. The molecule has 0 spiro atoms. The molecule has 0 saturated heterocycles.